The summed E-state index contributed by atoms with van der Waals surface area (Å²) in [7, 11) is 0. The summed E-state index contributed by atoms with van der Waals surface area (Å²) >= 11 is 0. The smallest absolute Gasteiger partial charge is 0.140 e. The van der Waals surface area contributed by atoms with Gasteiger partial charge in [0.2, 0.25) is 0 Å². The van der Waals surface area contributed by atoms with Crippen molar-refractivity contribution < 1.29 is 24.5 Å². The predicted octanol–water partition coefficient (Wildman–Crippen LogP) is 8.64. The molecular formula is C31H27IrN2O-. The van der Waals surface area contributed by atoms with E-state index < -0.39 is 0 Å². The topological polar surface area (TPSA) is 31.0 Å². The fraction of sp³-hybridized carbons (Fsp3) is 0.194. The van der Waals surface area contributed by atoms with Crippen molar-refractivity contribution in [1.29, 1.82) is 0 Å². The first-order valence-electron chi connectivity index (χ1n) is 12.0. The number of benzene rings is 4. The summed E-state index contributed by atoms with van der Waals surface area (Å²) in [5, 5.41) is 2.29. The molecule has 4 aromatic carbocycles. The average molecular weight is 636 g/mol. The molecule has 0 fully saturated rings. The van der Waals surface area contributed by atoms with Gasteiger partial charge in [0.1, 0.15) is 11.2 Å². The maximum atomic E-state index is 6.53. The van der Waals surface area contributed by atoms with Crippen LogP contribution in [0.4, 0.5) is 0 Å². The van der Waals surface area contributed by atoms with Crippen LogP contribution < -0.4 is 0 Å². The summed E-state index contributed by atoms with van der Waals surface area (Å²) in [6.45, 7) is 9.01. The van der Waals surface area contributed by atoms with Gasteiger partial charge in [0, 0.05) is 25.5 Å². The van der Waals surface area contributed by atoms with E-state index in [1.165, 1.54) is 11.1 Å². The van der Waals surface area contributed by atoms with E-state index in [0.29, 0.717) is 11.8 Å². The maximum Gasteiger partial charge on any atom is 0.140 e. The van der Waals surface area contributed by atoms with Crippen molar-refractivity contribution in [3.63, 3.8) is 0 Å². The second kappa shape index (κ2) is 9.11. The van der Waals surface area contributed by atoms with Gasteiger partial charge in [0.15, 0.2) is 0 Å². The zero-order chi connectivity index (χ0) is 23.4. The number of aromatic nitrogens is 2. The largest absolute Gasteiger partial charge is 0.456 e. The first-order chi connectivity index (χ1) is 16.5. The molecule has 0 spiro atoms. The van der Waals surface area contributed by atoms with Gasteiger partial charge in [-0.25, -0.2) is 0 Å². The molecule has 3 nitrogen and oxygen atoms in total. The SMILES string of the molecule is CC(C)c1cc(C(C)C)c2oc3ccccc3c2c1-n1c(-c2[c-]cccc2)nc2ccccc21.[Ir]. The molecule has 177 valence electrons. The van der Waals surface area contributed by atoms with Gasteiger partial charge >= 0.3 is 0 Å². The Labute approximate surface area is 219 Å². The Morgan fingerprint density at radius 3 is 2.29 bits per heavy atom. The normalized spacial score (nSPS) is 11.7. The van der Waals surface area contributed by atoms with Crippen molar-refractivity contribution in [3.8, 4) is 17.1 Å². The minimum Gasteiger partial charge on any atom is -0.456 e. The molecule has 0 amide bonds. The van der Waals surface area contributed by atoms with E-state index in [-0.39, 0.29) is 20.1 Å². The quantitative estimate of drug-likeness (QED) is 0.182. The second-order valence-electron chi connectivity index (χ2n) is 9.55. The Hall–Kier alpha value is -3.20. The molecule has 35 heavy (non-hydrogen) atoms. The average Bonchev–Trinajstić information content (AvgIpc) is 3.42. The van der Waals surface area contributed by atoms with Crippen LogP contribution in [-0.2, 0) is 20.1 Å². The number of imidazole rings is 1. The molecule has 0 atom stereocenters. The molecule has 0 aliphatic heterocycles. The number of hydrogen-bond acceptors (Lipinski definition) is 2. The predicted molar refractivity (Wildman–Crippen MR) is 141 cm³/mol. The monoisotopic (exact) mass is 636 g/mol. The van der Waals surface area contributed by atoms with E-state index in [0.717, 1.165) is 50.0 Å². The Kier molecular flexibility index (Phi) is 6.12. The molecule has 6 aromatic rings. The second-order valence-corrected chi connectivity index (χ2v) is 9.55. The standard InChI is InChI=1S/C31H27N2O.Ir/c1-19(2)23-18-24(20(3)4)30-28(22-14-8-11-17-27(22)34-30)29(23)33-26-16-10-9-15-25(26)32-31(33)21-12-6-5-7-13-21;/h5-12,14-20H,1-4H3;/q-1;. The summed E-state index contributed by atoms with van der Waals surface area (Å²) in [4.78, 5) is 5.09. The summed E-state index contributed by atoms with van der Waals surface area (Å²) < 4.78 is 8.86. The van der Waals surface area contributed by atoms with Crippen LogP contribution in [0.25, 0.3) is 50.0 Å². The summed E-state index contributed by atoms with van der Waals surface area (Å²) in [6, 6.07) is 30.6. The Morgan fingerprint density at radius 2 is 1.54 bits per heavy atom. The number of nitrogens with zero attached hydrogens (tertiary/aromatic N) is 2. The van der Waals surface area contributed by atoms with Gasteiger partial charge in [-0.2, -0.15) is 0 Å². The van der Waals surface area contributed by atoms with Gasteiger partial charge in [-0.3, -0.25) is 4.98 Å². The van der Waals surface area contributed by atoms with Crippen LogP contribution in [0.5, 0.6) is 0 Å². The fourth-order valence-electron chi connectivity index (χ4n) is 5.00. The van der Waals surface area contributed by atoms with E-state index in [2.05, 4.69) is 86.9 Å². The van der Waals surface area contributed by atoms with Crippen LogP contribution >= 0.6 is 0 Å². The van der Waals surface area contributed by atoms with E-state index >= 15 is 0 Å². The summed E-state index contributed by atoms with van der Waals surface area (Å²) in [6.07, 6.45) is 0. The van der Waals surface area contributed by atoms with Crippen molar-refractivity contribution in [2.45, 2.75) is 39.5 Å². The van der Waals surface area contributed by atoms with Gasteiger partial charge in [-0.05, 0) is 47.2 Å². The van der Waals surface area contributed by atoms with Crippen molar-refractivity contribution in [2.24, 2.45) is 0 Å². The summed E-state index contributed by atoms with van der Waals surface area (Å²) in [5.74, 6) is 1.56. The van der Waals surface area contributed by atoms with E-state index in [9.17, 15) is 0 Å². The van der Waals surface area contributed by atoms with Crippen LogP contribution in [0, 0.1) is 6.07 Å². The number of rotatable bonds is 4. The molecule has 0 unspecified atom stereocenters. The molecule has 1 radical (unpaired) electrons. The third-order valence-corrected chi connectivity index (χ3v) is 6.66. The van der Waals surface area contributed by atoms with Crippen LogP contribution in [0.3, 0.4) is 0 Å². The molecule has 0 saturated heterocycles. The number of para-hydroxylation sites is 3. The van der Waals surface area contributed by atoms with E-state index in [1.807, 2.05) is 30.3 Å². The number of furan rings is 1. The summed E-state index contributed by atoms with van der Waals surface area (Å²) in [5.41, 5.74) is 8.61. The fourth-order valence-corrected chi connectivity index (χ4v) is 5.00. The molecule has 2 aromatic heterocycles. The van der Waals surface area contributed by atoms with Gasteiger partial charge in [0.05, 0.1) is 27.9 Å². The third kappa shape index (κ3) is 3.73. The molecular weight excluding hydrogens is 609 g/mol. The minimum absolute atomic E-state index is 0. The zero-order valence-electron chi connectivity index (χ0n) is 20.3. The van der Waals surface area contributed by atoms with Crippen LogP contribution in [0.1, 0.15) is 50.7 Å². The Morgan fingerprint density at radius 1 is 0.829 bits per heavy atom. The molecule has 6 rings (SSSR count). The van der Waals surface area contributed by atoms with Gasteiger partial charge < -0.3 is 8.98 Å². The first-order valence-corrected chi connectivity index (χ1v) is 12.0. The van der Waals surface area contributed by atoms with Crippen molar-refractivity contribution in [1.82, 2.24) is 9.55 Å². The van der Waals surface area contributed by atoms with Gasteiger partial charge in [-0.15, -0.1) is 35.9 Å². The van der Waals surface area contributed by atoms with Crippen molar-refractivity contribution in [3.05, 3.63) is 96.1 Å². The maximum absolute atomic E-state index is 6.53. The van der Waals surface area contributed by atoms with E-state index in [4.69, 9.17) is 9.40 Å². The van der Waals surface area contributed by atoms with Crippen LogP contribution in [-0.4, -0.2) is 9.55 Å². The minimum atomic E-state index is 0. The van der Waals surface area contributed by atoms with Crippen LogP contribution in [0.2, 0.25) is 0 Å². The van der Waals surface area contributed by atoms with Gasteiger partial charge in [0.25, 0.3) is 0 Å². The molecule has 0 aliphatic rings. The first kappa shape index (κ1) is 23.5. The molecule has 0 aliphatic carbocycles. The Balaban J connectivity index is 0.00000253. The molecule has 4 heteroatoms. The van der Waals surface area contributed by atoms with Gasteiger partial charge in [-0.1, -0.05) is 58.0 Å². The number of fused-ring (bicyclic) bond motifs is 4. The Bertz CT molecular complexity index is 1660. The zero-order valence-corrected chi connectivity index (χ0v) is 22.7. The number of hydrogen-bond donors (Lipinski definition) is 0. The molecule has 0 bridgehead atoms. The van der Waals surface area contributed by atoms with Crippen molar-refractivity contribution in [2.75, 3.05) is 0 Å². The molecule has 0 N–H and O–H groups in total. The molecule has 0 saturated carbocycles. The van der Waals surface area contributed by atoms with Crippen molar-refractivity contribution >= 4 is 33.0 Å². The molecule has 2 heterocycles. The van der Waals surface area contributed by atoms with Crippen LogP contribution in [0.15, 0.2) is 83.3 Å². The van der Waals surface area contributed by atoms with E-state index in [1.54, 1.807) is 0 Å². The third-order valence-electron chi connectivity index (χ3n) is 6.66.